The molecule has 2 atom stereocenters. The third-order valence-electron chi connectivity index (χ3n) is 5.62. The van der Waals surface area contributed by atoms with E-state index in [4.69, 9.17) is 0 Å². The number of rotatable bonds is 4. The van der Waals surface area contributed by atoms with E-state index in [1.54, 1.807) is 17.0 Å². The van der Waals surface area contributed by atoms with Crippen molar-refractivity contribution < 1.29 is 17.6 Å². The van der Waals surface area contributed by atoms with E-state index in [-0.39, 0.29) is 30.2 Å². The Hall–Kier alpha value is -1.67. The molecule has 2 saturated heterocycles. The van der Waals surface area contributed by atoms with Crippen LogP contribution in [-0.2, 0) is 16.4 Å². The van der Waals surface area contributed by atoms with Gasteiger partial charge in [0.1, 0.15) is 5.82 Å². The number of nitrogens with one attached hydrogen (secondary N) is 1. The van der Waals surface area contributed by atoms with Crippen LogP contribution < -0.4 is 5.32 Å². The molecule has 0 saturated carbocycles. The molecule has 1 N–H and O–H groups in total. The van der Waals surface area contributed by atoms with Gasteiger partial charge in [-0.1, -0.05) is 26.0 Å². The van der Waals surface area contributed by atoms with E-state index in [9.17, 15) is 17.6 Å². The molecule has 0 aliphatic carbocycles. The zero-order valence-electron chi connectivity index (χ0n) is 16.6. The number of urea groups is 1. The molecule has 1 aromatic rings. The average Bonchev–Trinajstić information content (AvgIpc) is 2.86. The molecule has 2 fully saturated rings. The molecule has 3 rings (SSSR count). The summed E-state index contributed by atoms with van der Waals surface area (Å²) in [6.07, 6.45) is 1.12. The molecule has 0 radical (unpaired) electrons. The lowest BCUT2D eigenvalue weighted by molar-refractivity contribution is 0.160. The Kier molecular flexibility index (Phi) is 6.60. The molecule has 1 aromatic carbocycles. The highest BCUT2D eigenvalue weighted by Crippen LogP contribution is 2.28. The van der Waals surface area contributed by atoms with E-state index in [0.717, 1.165) is 6.54 Å². The third-order valence-corrected chi connectivity index (χ3v) is 7.84. The summed E-state index contributed by atoms with van der Waals surface area (Å²) in [4.78, 5) is 16.6. The second-order valence-electron chi connectivity index (χ2n) is 8.21. The van der Waals surface area contributed by atoms with Crippen molar-refractivity contribution in [3.8, 4) is 0 Å². The molecule has 8 heteroatoms. The second-order valence-corrected chi connectivity index (χ2v) is 10.6. The van der Waals surface area contributed by atoms with Gasteiger partial charge in [-0.2, -0.15) is 0 Å². The Morgan fingerprint density at radius 2 is 2.00 bits per heavy atom. The smallest absolute Gasteiger partial charge is 0.317 e. The molecule has 0 unspecified atom stereocenters. The van der Waals surface area contributed by atoms with E-state index in [0.29, 0.717) is 44.0 Å². The van der Waals surface area contributed by atoms with Crippen molar-refractivity contribution in [3.63, 3.8) is 0 Å². The predicted octanol–water partition coefficient (Wildman–Crippen LogP) is 2.25. The van der Waals surface area contributed by atoms with Crippen LogP contribution in [0, 0.1) is 11.7 Å². The van der Waals surface area contributed by atoms with Gasteiger partial charge in [-0.05, 0) is 36.5 Å². The van der Waals surface area contributed by atoms with Gasteiger partial charge in [0.05, 0.1) is 11.0 Å². The van der Waals surface area contributed by atoms with E-state index in [1.165, 1.54) is 12.1 Å². The number of hydrogen-bond donors (Lipinski definition) is 1. The van der Waals surface area contributed by atoms with Crippen molar-refractivity contribution in [1.29, 1.82) is 0 Å². The maximum atomic E-state index is 13.3. The number of amides is 2. The lowest BCUT2D eigenvalue weighted by Gasteiger charge is -2.40. The van der Waals surface area contributed by atoms with Gasteiger partial charge in [-0.3, -0.25) is 4.90 Å². The number of likely N-dealkylation sites (tertiary alicyclic amines) is 1. The standard InChI is InChI=1S/C20H30FN3O3S/c1-15(2)14-24-10-11-28(26,27)19-7-9-23(8-6-18(19)24)20(25)22-13-16-4-3-5-17(21)12-16/h3-5,12,15,18-19H,6-11,13-14H2,1-2H3,(H,22,25)/t18-,19+/m0/s1. The summed E-state index contributed by atoms with van der Waals surface area (Å²) in [7, 11) is -3.13. The number of fused-ring (bicyclic) bond motifs is 1. The number of sulfone groups is 1. The first-order valence-corrected chi connectivity index (χ1v) is 11.7. The van der Waals surface area contributed by atoms with E-state index < -0.39 is 15.1 Å². The van der Waals surface area contributed by atoms with Crippen molar-refractivity contribution >= 4 is 15.9 Å². The molecule has 2 heterocycles. The summed E-state index contributed by atoms with van der Waals surface area (Å²) >= 11 is 0. The monoisotopic (exact) mass is 411 g/mol. The summed E-state index contributed by atoms with van der Waals surface area (Å²) in [5, 5.41) is 2.42. The molecular weight excluding hydrogens is 381 g/mol. The summed E-state index contributed by atoms with van der Waals surface area (Å²) in [5.41, 5.74) is 0.697. The number of carbonyl (C=O) groups is 1. The highest BCUT2D eigenvalue weighted by molar-refractivity contribution is 7.92. The average molecular weight is 412 g/mol. The Morgan fingerprint density at radius 1 is 1.25 bits per heavy atom. The van der Waals surface area contributed by atoms with Crippen molar-refractivity contribution in [1.82, 2.24) is 15.1 Å². The van der Waals surface area contributed by atoms with Gasteiger partial charge in [0.2, 0.25) is 0 Å². The largest absolute Gasteiger partial charge is 0.334 e. The number of halogens is 1. The number of carbonyl (C=O) groups excluding carboxylic acids is 1. The highest BCUT2D eigenvalue weighted by Gasteiger charge is 2.43. The van der Waals surface area contributed by atoms with E-state index in [1.807, 2.05) is 0 Å². The Morgan fingerprint density at radius 3 is 2.71 bits per heavy atom. The summed E-state index contributed by atoms with van der Waals surface area (Å²) in [6, 6.07) is 5.88. The minimum atomic E-state index is -3.13. The quantitative estimate of drug-likeness (QED) is 0.825. The number of benzene rings is 1. The molecule has 0 aromatic heterocycles. The van der Waals surface area contributed by atoms with Crippen LogP contribution in [0.15, 0.2) is 24.3 Å². The summed E-state index contributed by atoms with van der Waals surface area (Å²) < 4.78 is 38.6. The van der Waals surface area contributed by atoms with Gasteiger partial charge >= 0.3 is 6.03 Å². The van der Waals surface area contributed by atoms with E-state index in [2.05, 4.69) is 24.1 Å². The van der Waals surface area contributed by atoms with Crippen molar-refractivity contribution in [2.24, 2.45) is 5.92 Å². The molecule has 28 heavy (non-hydrogen) atoms. The van der Waals surface area contributed by atoms with Crippen LogP contribution in [0.2, 0.25) is 0 Å². The minimum absolute atomic E-state index is 0.0258. The fourth-order valence-electron chi connectivity index (χ4n) is 4.29. The predicted molar refractivity (Wildman–Crippen MR) is 107 cm³/mol. The van der Waals surface area contributed by atoms with Crippen LogP contribution >= 0.6 is 0 Å². The number of nitrogens with zero attached hydrogens (tertiary/aromatic N) is 2. The first kappa shape index (κ1) is 21.0. The molecule has 156 valence electrons. The minimum Gasteiger partial charge on any atom is -0.334 e. The maximum Gasteiger partial charge on any atom is 0.317 e. The van der Waals surface area contributed by atoms with Gasteiger partial charge in [-0.25, -0.2) is 17.6 Å². The zero-order chi connectivity index (χ0) is 20.3. The van der Waals surface area contributed by atoms with Crippen LogP contribution in [0.3, 0.4) is 0 Å². The topological polar surface area (TPSA) is 69.7 Å². The zero-order valence-corrected chi connectivity index (χ0v) is 17.4. The van der Waals surface area contributed by atoms with Gasteiger partial charge in [0, 0.05) is 38.8 Å². The first-order chi connectivity index (χ1) is 13.3. The molecule has 2 aliphatic heterocycles. The Bertz CT molecular complexity index is 800. The van der Waals surface area contributed by atoms with Crippen LogP contribution in [-0.4, -0.2) is 67.5 Å². The molecule has 2 aliphatic rings. The third kappa shape index (κ3) is 5.03. The molecule has 6 nitrogen and oxygen atoms in total. The fraction of sp³-hybridized carbons (Fsp3) is 0.650. The van der Waals surface area contributed by atoms with Gasteiger partial charge in [0.25, 0.3) is 0 Å². The first-order valence-electron chi connectivity index (χ1n) is 9.99. The number of hydrogen-bond acceptors (Lipinski definition) is 4. The van der Waals surface area contributed by atoms with E-state index >= 15 is 0 Å². The normalized spacial score (nSPS) is 25.2. The van der Waals surface area contributed by atoms with Crippen molar-refractivity contribution in [2.75, 3.05) is 31.9 Å². The van der Waals surface area contributed by atoms with Crippen LogP contribution in [0.25, 0.3) is 0 Å². The van der Waals surface area contributed by atoms with Crippen LogP contribution in [0.1, 0.15) is 32.3 Å². The maximum absolute atomic E-state index is 13.3. The van der Waals surface area contributed by atoms with Gasteiger partial charge in [-0.15, -0.1) is 0 Å². The second kappa shape index (κ2) is 8.78. The molecule has 2 amide bonds. The van der Waals surface area contributed by atoms with Crippen LogP contribution in [0.4, 0.5) is 9.18 Å². The highest BCUT2D eigenvalue weighted by atomic mass is 32.2. The van der Waals surface area contributed by atoms with Gasteiger partial charge in [0.15, 0.2) is 9.84 Å². The fourth-order valence-corrected chi connectivity index (χ4v) is 6.34. The lowest BCUT2D eigenvalue weighted by Crippen LogP contribution is -2.55. The van der Waals surface area contributed by atoms with Crippen molar-refractivity contribution in [2.45, 2.75) is 44.5 Å². The SMILES string of the molecule is CC(C)CN1CCS(=O)(=O)[C@@H]2CCN(C(=O)NCc3cccc(F)c3)CC[C@@H]21. The van der Waals surface area contributed by atoms with Gasteiger partial charge < -0.3 is 10.2 Å². The molecular formula is C20H30FN3O3S. The Labute approximate surface area is 167 Å². The summed E-state index contributed by atoms with van der Waals surface area (Å²) in [5.74, 6) is 0.337. The van der Waals surface area contributed by atoms with Crippen molar-refractivity contribution in [3.05, 3.63) is 35.6 Å². The molecule has 0 bridgehead atoms. The lowest BCUT2D eigenvalue weighted by atomic mass is 10.0. The summed E-state index contributed by atoms with van der Waals surface area (Å²) in [6.45, 7) is 6.93. The molecule has 0 spiro atoms. The van der Waals surface area contributed by atoms with Crippen LogP contribution in [0.5, 0.6) is 0 Å². The Balaban J connectivity index is 1.64.